The number of Topliss-reactive ketones (excluding diaryl/α,β-unsaturated/α-hetero) is 1. The quantitative estimate of drug-likeness (QED) is 0.0700. The van der Waals surface area contributed by atoms with Gasteiger partial charge in [-0.15, -0.1) is 0 Å². The van der Waals surface area contributed by atoms with Gasteiger partial charge < -0.3 is 30.2 Å². The summed E-state index contributed by atoms with van der Waals surface area (Å²) in [5.41, 5.74) is 10.5. The number of hydrogen-bond acceptors (Lipinski definition) is 12. The predicted molar refractivity (Wildman–Crippen MR) is 232 cm³/mol. The number of imide groups is 1. The molecule has 322 valence electrons. The monoisotopic (exact) mass is 840 g/mol. The number of carbonyl (C=O) groups excluding carboxylic acids is 4. The number of allylic oxidation sites excluding steroid dienone is 1. The summed E-state index contributed by atoms with van der Waals surface area (Å²) in [7, 11) is 0. The third kappa shape index (κ3) is 9.75. The summed E-state index contributed by atoms with van der Waals surface area (Å²) in [4.78, 5) is 63.7. The van der Waals surface area contributed by atoms with Crippen LogP contribution in [-0.2, 0) is 25.5 Å². The molecular weight excluding hydrogens is 789 g/mol. The highest BCUT2D eigenvalue weighted by Gasteiger charge is 2.44. The molecule has 3 N–H and O–H groups in total. The van der Waals surface area contributed by atoms with Crippen LogP contribution >= 0.6 is 0 Å². The summed E-state index contributed by atoms with van der Waals surface area (Å²) in [6, 6.07) is 21.7. The van der Waals surface area contributed by atoms with Crippen LogP contribution in [0.3, 0.4) is 0 Å². The molecule has 3 amide bonds. The molecule has 2 saturated heterocycles. The van der Waals surface area contributed by atoms with Crippen LogP contribution in [0.25, 0.3) is 22.3 Å². The van der Waals surface area contributed by atoms with E-state index in [0.717, 1.165) is 96.8 Å². The van der Waals surface area contributed by atoms with Crippen molar-refractivity contribution in [2.75, 3.05) is 51.8 Å². The van der Waals surface area contributed by atoms with Crippen LogP contribution < -0.4 is 15.8 Å². The lowest BCUT2D eigenvalue weighted by atomic mass is 10.0. The Labute approximate surface area is 360 Å². The lowest BCUT2D eigenvalue weighted by molar-refractivity contribution is -0.125. The van der Waals surface area contributed by atoms with Crippen molar-refractivity contribution in [1.82, 2.24) is 34.9 Å². The first-order valence-corrected chi connectivity index (χ1v) is 21.4. The minimum absolute atomic E-state index is 0.0383. The molecule has 62 heavy (non-hydrogen) atoms. The number of carbonyl (C=O) groups is 4. The van der Waals surface area contributed by atoms with Crippen molar-refractivity contribution in [3.8, 4) is 22.8 Å². The van der Waals surface area contributed by atoms with Crippen molar-refractivity contribution in [2.24, 2.45) is 0 Å². The van der Waals surface area contributed by atoms with E-state index in [1.807, 2.05) is 59.3 Å². The summed E-state index contributed by atoms with van der Waals surface area (Å²) in [6.07, 6.45) is 7.99. The topological polar surface area (TPSA) is 184 Å². The number of nitrogens with zero attached hydrogens (tertiary/aromatic N) is 6. The number of fused-ring (bicyclic) bond motifs is 2. The number of likely N-dealkylation sites (tertiary alicyclic amines) is 1. The second-order valence-corrected chi connectivity index (χ2v) is 16.1. The Morgan fingerprint density at radius 2 is 1.53 bits per heavy atom. The maximum Gasteiger partial charge on any atom is 0.262 e. The Bertz CT molecular complexity index is 2430. The van der Waals surface area contributed by atoms with E-state index < -0.39 is 23.8 Å². The average Bonchev–Trinajstić information content (AvgIpc) is 3.78. The molecule has 2 aromatic heterocycles. The SMILES string of the molecule is C=C1CCC(N2C(=O)c3ccc(CC(=O)COCCCCOCCCCN4CCC(n5nc(-c6ccc(Oc7ccccc7)cc6)c6c(N)ncnc65)CC4)cc3C2=O)C(=O)N1. The lowest BCUT2D eigenvalue weighted by Gasteiger charge is -2.32. The van der Waals surface area contributed by atoms with Crippen LogP contribution in [0.4, 0.5) is 5.82 Å². The van der Waals surface area contributed by atoms with Crippen molar-refractivity contribution in [3.05, 3.63) is 108 Å². The molecule has 0 radical (unpaired) electrons. The molecule has 2 fully saturated rings. The molecule has 0 bridgehead atoms. The van der Waals surface area contributed by atoms with E-state index in [-0.39, 0.29) is 36.0 Å². The van der Waals surface area contributed by atoms with Crippen LogP contribution in [0.2, 0.25) is 0 Å². The van der Waals surface area contributed by atoms with Gasteiger partial charge in [-0.3, -0.25) is 24.1 Å². The molecule has 3 aliphatic heterocycles. The normalized spacial score (nSPS) is 17.2. The highest BCUT2D eigenvalue weighted by Crippen LogP contribution is 2.35. The molecule has 0 spiro atoms. The Balaban J connectivity index is 0.691. The minimum Gasteiger partial charge on any atom is -0.457 e. The van der Waals surface area contributed by atoms with Crippen molar-refractivity contribution < 1.29 is 33.4 Å². The number of anilines is 1. The standard InChI is InChI=1S/C47H52N8O7/c1-31-11-18-40(45(57)51-31)54-46(58)38-17-12-32(28-39(38)47(54)59)27-35(56)29-61-26-8-7-25-60-24-6-5-21-53-22-19-34(20-23-53)55-44-41(43(48)49-30-50-44)42(52-55)33-13-15-37(16-14-33)62-36-9-3-2-4-10-36/h2-4,9-10,12-17,28,30,34,40H,1,5-8,11,18-27,29H2,(H,51,57)(H2,48,49,50). The van der Waals surface area contributed by atoms with Crippen molar-refractivity contribution in [1.29, 1.82) is 0 Å². The van der Waals surface area contributed by atoms with Crippen LogP contribution in [-0.4, -0.2) is 105 Å². The summed E-state index contributed by atoms with van der Waals surface area (Å²) >= 11 is 0. The molecule has 3 aliphatic rings. The number of aromatic nitrogens is 4. The molecular formula is C47H52N8O7. The fourth-order valence-corrected chi connectivity index (χ4v) is 8.37. The van der Waals surface area contributed by atoms with Gasteiger partial charge in [0, 0.05) is 50.6 Å². The summed E-state index contributed by atoms with van der Waals surface area (Å²) in [5, 5.41) is 8.47. The summed E-state index contributed by atoms with van der Waals surface area (Å²) < 4.78 is 19.5. The molecule has 3 aromatic carbocycles. The van der Waals surface area contributed by atoms with Crippen LogP contribution in [0.1, 0.15) is 83.7 Å². The first-order chi connectivity index (χ1) is 30.2. The molecule has 15 nitrogen and oxygen atoms in total. The number of nitrogen functional groups attached to an aromatic ring is 1. The number of ketones is 1. The Morgan fingerprint density at radius 1 is 0.823 bits per heavy atom. The number of unbranched alkanes of at least 4 members (excludes halogenated alkanes) is 2. The van der Waals surface area contributed by atoms with Gasteiger partial charge in [-0.2, -0.15) is 5.10 Å². The Hall–Kier alpha value is -6.29. The largest absolute Gasteiger partial charge is 0.457 e. The number of nitrogens with one attached hydrogen (secondary N) is 1. The van der Waals surface area contributed by atoms with Crippen LogP contribution in [0.15, 0.2) is 91.4 Å². The van der Waals surface area contributed by atoms with E-state index in [2.05, 4.69) is 26.8 Å². The zero-order valence-electron chi connectivity index (χ0n) is 34.8. The molecule has 15 heteroatoms. The van der Waals surface area contributed by atoms with Gasteiger partial charge in [0.2, 0.25) is 5.91 Å². The van der Waals surface area contributed by atoms with Crippen molar-refractivity contribution in [3.63, 3.8) is 0 Å². The van der Waals surface area contributed by atoms with E-state index >= 15 is 0 Å². The molecule has 5 heterocycles. The number of hydrogen-bond donors (Lipinski definition) is 2. The second kappa shape index (κ2) is 19.6. The van der Waals surface area contributed by atoms with Gasteiger partial charge in [-0.1, -0.05) is 30.8 Å². The third-order valence-corrected chi connectivity index (χ3v) is 11.6. The molecule has 0 saturated carbocycles. The number of benzene rings is 3. The lowest BCUT2D eigenvalue weighted by Crippen LogP contribution is -2.51. The van der Waals surface area contributed by atoms with Gasteiger partial charge in [0.1, 0.15) is 42.0 Å². The molecule has 8 rings (SSSR count). The van der Waals surface area contributed by atoms with E-state index in [1.54, 1.807) is 18.2 Å². The number of nitrogens with two attached hydrogens (primary N) is 1. The molecule has 0 aliphatic carbocycles. The van der Waals surface area contributed by atoms with E-state index in [0.29, 0.717) is 49.7 Å². The van der Waals surface area contributed by atoms with Crippen LogP contribution in [0, 0.1) is 0 Å². The van der Waals surface area contributed by atoms with Gasteiger partial charge in [-0.05, 0) is 112 Å². The van der Waals surface area contributed by atoms with E-state index in [1.165, 1.54) is 6.33 Å². The zero-order valence-corrected chi connectivity index (χ0v) is 34.8. The third-order valence-electron chi connectivity index (χ3n) is 11.6. The fourth-order valence-electron chi connectivity index (χ4n) is 8.37. The predicted octanol–water partition coefficient (Wildman–Crippen LogP) is 6.30. The maximum absolute atomic E-state index is 13.1. The Kier molecular flexibility index (Phi) is 13.4. The van der Waals surface area contributed by atoms with Gasteiger partial charge in [0.15, 0.2) is 11.4 Å². The average molecular weight is 841 g/mol. The number of rotatable bonds is 19. The van der Waals surface area contributed by atoms with E-state index in [4.69, 9.17) is 25.0 Å². The second-order valence-electron chi connectivity index (χ2n) is 16.1. The minimum atomic E-state index is -0.875. The van der Waals surface area contributed by atoms with Crippen molar-refractivity contribution >= 4 is 40.4 Å². The number of amides is 3. The van der Waals surface area contributed by atoms with Gasteiger partial charge in [0.25, 0.3) is 11.8 Å². The molecule has 5 aromatic rings. The highest BCUT2D eigenvalue weighted by molar-refractivity contribution is 6.23. The first-order valence-electron chi connectivity index (χ1n) is 21.4. The van der Waals surface area contributed by atoms with Crippen molar-refractivity contribution in [2.45, 2.75) is 69.9 Å². The van der Waals surface area contributed by atoms with Gasteiger partial charge in [-0.25, -0.2) is 14.6 Å². The Morgan fingerprint density at radius 3 is 2.29 bits per heavy atom. The number of para-hydroxylation sites is 1. The molecule has 1 atom stereocenters. The summed E-state index contributed by atoms with van der Waals surface area (Å²) in [5.74, 6) is 0.380. The number of piperidine rings is 2. The first kappa shape index (κ1) is 42.4. The highest BCUT2D eigenvalue weighted by atomic mass is 16.5. The van der Waals surface area contributed by atoms with Gasteiger partial charge in [0.05, 0.1) is 22.6 Å². The maximum atomic E-state index is 13.1. The molecule has 1 unspecified atom stereocenters. The van der Waals surface area contributed by atoms with Gasteiger partial charge >= 0.3 is 0 Å². The van der Waals surface area contributed by atoms with Crippen LogP contribution in [0.5, 0.6) is 11.5 Å². The smallest absolute Gasteiger partial charge is 0.262 e. The summed E-state index contributed by atoms with van der Waals surface area (Å²) in [6.45, 7) is 8.47. The fraction of sp³-hybridized carbons (Fsp3) is 0.383. The van der Waals surface area contributed by atoms with E-state index in [9.17, 15) is 19.2 Å². The number of ether oxygens (including phenoxy) is 3. The zero-order chi connectivity index (χ0) is 43.0.